The Morgan fingerprint density at radius 2 is 1.43 bits per heavy atom. The van der Waals surface area contributed by atoms with Crippen molar-refractivity contribution in [1.29, 1.82) is 0 Å². The molecule has 1 aliphatic rings. The van der Waals surface area contributed by atoms with Crippen molar-refractivity contribution in [2.24, 2.45) is 0 Å². The summed E-state index contributed by atoms with van der Waals surface area (Å²) in [5.74, 6) is -30.4. The molecule has 0 saturated carbocycles. The number of hydrogen-bond donors (Lipinski definition) is 1. The molecule has 1 aliphatic carbocycles. The number of aliphatic carboxylic acids is 1. The molecule has 0 bridgehead atoms. The van der Waals surface area contributed by atoms with Crippen molar-refractivity contribution in [3.8, 4) is 11.5 Å². The van der Waals surface area contributed by atoms with Gasteiger partial charge in [-0.2, -0.15) is 48.3 Å². The Morgan fingerprint density at radius 1 is 0.830 bits per heavy atom. The number of rotatable bonds is 15. The van der Waals surface area contributed by atoms with Gasteiger partial charge in [-0.3, -0.25) is 4.90 Å². The van der Waals surface area contributed by atoms with E-state index < -0.39 is 67.7 Å². The highest BCUT2D eigenvalue weighted by Gasteiger charge is 2.87. The summed E-state index contributed by atoms with van der Waals surface area (Å²) in [7, 11) is 0. The first-order chi connectivity index (χ1) is 21.6. The SMILES string of the molecule is CCOC(Cc1ccc(OCCN(CC(F)(F)C(F)(F)C(F)(F)C(F)(F)C(F)(F)F)C(=O)Oc2ccc3c(c2)CCC3)cc1)C(=O)O. The first kappa shape index (κ1) is 37.6. The van der Waals surface area contributed by atoms with Crippen LogP contribution in [-0.2, 0) is 28.8 Å². The summed E-state index contributed by atoms with van der Waals surface area (Å²) in [4.78, 5) is 23.8. The van der Waals surface area contributed by atoms with Gasteiger partial charge in [0.05, 0.1) is 13.1 Å². The molecule has 0 aromatic heterocycles. The van der Waals surface area contributed by atoms with Crippen LogP contribution in [0.3, 0.4) is 0 Å². The van der Waals surface area contributed by atoms with E-state index in [1.54, 1.807) is 6.92 Å². The predicted octanol–water partition coefficient (Wildman–Crippen LogP) is 7.19. The minimum absolute atomic E-state index is 0.0302. The van der Waals surface area contributed by atoms with Gasteiger partial charge in [0.2, 0.25) is 0 Å². The first-order valence-corrected chi connectivity index (χ1v) is 13.9. The van der Waals surface area contributed by atoms with E-state index in [-0.39, 0.29) is 29.4 Å². The Bertz CT molecular complexity index is 1400. The van der Waals surface area contributed by atoms with Crippen LogP contribution in [-0.4, -0.2) is 84.3 Å². The molecule has 0 radical (unpaired) electrons. The van der Waals surface area contributed by atoms with E-state index in [4.69, 9.17) is 14.2 Å². The third-order valence-electron chi connectivity index (χ3n) is 7.14. The van der Waals surface area contributed by atoms with Gasteiger partial charge in [-0.05, 0) is 67.1 Å². The number of ether oxygens (including phenoxy) is 3. The zero-order valence-electron chi connectivity index (χ0n) is 24.4. The van der Waals surface area contributed by atoms with Gasteiger partial charge in [-0.1, -0.05) is 18.2 Å². The van der Waals surface area contributed by atoms with Gasteiger partial charge in [-0.25, -0.2) is 9.59 Å². The van der Waals surface area contributed by atoms with Crippen LogP contribution < -0.4 is 9.47 Å². The van der Waals surface area contributed by atoms with E-state index in [9.17, 15) is 63.0 Å². The molecule has 1 atom stereocenters. The molecule has 1 amide bonds. The summed E-state index contributed by atoms with van der Waals surface area (Å²) in [6.07, 6.45) is -8.46. The molecule has 0 saturated heterocycles. The Labute approximate surface area is 260 Å². The fourth-order valence-corrected chi connectivity index (χ4v) is 4.58. The van der Waals surface area contributed by atoms with Crippen LogP contribution in [0.25, 0.3) is 0 Å². The summed E-state index contributed by atoms with van der Waals surface area (Å²) >= 11 is 0. The van der Waals surface area contributed by atoms with Crippen LogP contribution in [0.4, 0.5) is 53.1 Å². The Balaban J connectivity index is 1.81. The standard InChI is InChI=1S/C29H28F11NO6/c1-2-45-22(23(42)43)14-17-6-9-20(10-7-17)46-13-12-41(24(44)47-21-11-8-18-4-3-5-19(18)15-21)16-25(30,31)26(32,33)27(34,35)28(36,37)29(38,39)40/h6-11,15,22H,2-5,12-14,16H2,1H3,(H,42,43). The van der Waals surface area contributed by atoms with E-state index in [0.29, 0.717) is 24.0 Å². The van der Waals surface area contributed by atoms with Gasteiger partial charge in [0.25, 0.3) is 0 Å². The number of alkyl halides is 11. The lowest BCUT2D eigenvalue weighted by molar-refractivity contribution is -0.422. The van der Waals surface area contributed by atoms with E-state index in [2.05, 4.69) is 0 Å². The Kier molecular flexibility index (Phi) is 11.3. The maximum atomic E-state index is 14.7. The second kappa shape index (κ2) is 14.1. The average molecular weight is 696 g/mol. The number of carboxylic acids is 1. The predicted molar refractivity (Wildman–Crippen MR) is 141 cm³/mol. The number of hydrogen-bond acceptors (Lipinski definition) is 5. The molecular formula is C29H28F11NO6. The fraction of sp³-hybridized carbons (Fsp3) is 0.517. The monoisotopic (exact) mass is 695 g/mol. The first-order valence-electron chi connectivity index (χ1n) is 13.9. The van der Waals surface area contributed by atoms with E-state index >= 15 is 0 Å². The zero-order valence-corrected chi connectivity index (χ0v) is 24.4. The number of halogens is 11. The number of nitrogens with zero attached hydrogens (tertiary/aromatic N) is 1. The van der Waals surface area contributed by atoms with Gasteiger partial charge in [0.1, 0.15) is 18.1 Å². The molecule has 7 nitrogen and oxygen atoms in total. The van der Waals surface area contributed by atoms with E-state index in [1.807, 2.05) is 0 Å². The van der Waals surface area contributed by atoms with Crippen LogP contribution in [0.2, 0.25) is 0 Å². The second-order valence-electron chi connectivity index (χ2n) is 10.5. The summed E-state index contributed by atoms with van der Waals surface area (Å²) in [5, 5.41) is 9.20. The third-order valence-corrected chi connectivity index (χ3v) is 7.14. The van der Waals surface area contributed by atoms with Crippen molar-refractivity contribution in [2.45, 2.75) is 68.6 Å². The Hall–Kier alpha value is -3.83. The molecular weight excluding hydrogens is 667 g/mol. The highest BCUT2D eigenvalue weighted by molar-refractivity contribution is 5.72. The number of aryl methyl sites for hydroxylation is 2. The third kappa shape index (κ3) is 8.19. The highest BCUT2D eigenvalue weighted by atomic mass is 19.4. The lowest BCUT2D eigenvalue weighted by atomic mass is 9.97. The van der Waals surface area contributed by atoms with Crippen LogP contribution in [0, 0.1) is 0 Å². The van der Waals surface area contributed by atoms with Crippen molar-refractivity contribution in [3.63, 3.8) is 0 Å². The topological polar surface area (TPSA) is 85.3 Å². The van der Waals surface area contributed by atoms with Crippen LogP contribution in [0.1, 0.15) is 30.0 Å². The molecule has 18 heteroatoms. The smallest absolute Gasteiger partial charge is 0.460 e. The van der Waals surface area contributed by atoms with Crippen molar-refractivity contribution in [1.82, 2.24) is 4.90 Å². The van der Waals surface area contributed by atoms with Gasteiger partial charge in [-0.15, -0.1) is 0 Å². The normalized spacial score (nSPS) is 14.8. The van der Waals surface area contributed by atoms with Crippen molar-refractivity contribution in [2.75, 3.05) is 26.3 Å². The largest absolute Gasteiger partial charge is 0.492 e. The summed E-state index contributed by atoms with van der Waals surface area (Å²) < 4.78 is 165. The maximum absolute atomic E-state index is 14.7. The van der Waals surface area contributed by atoms with E-state index in [0.717, 1.165) is 12.0 Å². The van der Waals surface area contributed by atoms with Crippen molar-refractivity contribution < 1.29 is 77.2 Å². The number of benzene rings is 2. The second-order valence-corrected chi connectivity index (χ2v) is 10.5. The molecule has 47 heavy (non-hydrogen) atoms. The maximum Gasteiger partial charge on any atom is 0.460 e. The van der Waals surface area contributed by atoms with Gasteiger partial charge < -0.3 is 19.3 Å². The fourth-order valence-electron chi connectivity index (χ4n) is 4.58. The van der Waals surface area contributed by atoms with Crippen LogP contribution in [0.5, 0.6) is 11.5 Å². The summed E-state index contributed by atoms with van der Waals surface area (Å²) in [6.45, 7) is -3.02. The molecule has 262 valence electrons. The molecule has 1 unspecified atom stereocenters. The number of carbonyl (C=O) groups excluding carboxylic acids is 1. The quantitative estimate of drug-likeness (QED) is 0.199. The summed E-state index contributed by atoms with van der Waals surface area (Å²) in [5.41, 5.74) is 2.03. The molecule has 3 rings (SSSR count). The molecule has 2 aromatic carbocycles. The van der Waals surface area contributed by atoms with Gasteiger partial charge >= 0.3 is 41.9 Å². The van der Waals surface area contributed by atoms with Crippen molar-refractivity contribution in [3.05, 3.63) is 59.2 Å². The minimum atomic E-state index is -7.64. The number of amides is 1. The lowest BCUT2D eigenvalue weighted by Gasteiger charge is -2.38. The highest BCUT2D eigenvalue weighted by Crippen LogP contribution is 2.57. The molecule has 0 heterocycles. The van der Waals surface area contributed by atoms with Crippen LogP contribution in [0.15, 0.2) is 42.5 Å². The molecule has 1 N–H and O–H groups in total. The molecule has 0 spiro atoms. The van der Waals surface area contributed by atoms with Crippen LogP contribution >= 0.6 is 0 Å². The van der Waals surface area contributed by atoms with E-state index in [1.165, 1.54) is 42.5 Å². The molecule has 0 aliphatic heterocycles. The Morgan fingerprint density at radius 3 is 2.00 bits per heavy atom. The summed E-state index contributed by atoms with van der Waals surface area (Å²) in [6, 6.07) is 9.41. The average Bonchev–Trinajstić information content (AvgIpc) is 3.44. The van der Waals surface area contributed by atoms with Gasteiger partial charge in [0, 0.05) is 13.0 Å². The number of carbonyl (C=O) groups is 2. The molecule has 0 fully saturated rings. The number of carboxylic acid groups (broad SMARTS) is 1. The minimum Gasteiger partial charge on any atom is -0.492 e. The zero-order chi connectivity index (χ0) is 35.4. The van der Waals surface area contributed by atoms with Gasteiger partial charge in [0.15, 0.2) is 6.10 Å². The lowest BCUT2D eigenvalue weighted by Crippen LogP contribution is -2.68. The molecule has 2 aromatic rings. The van der Waals surface area contributed by atoms with Crippen molar-refractivity contribution >= 4 is 12.1 Å². The number of fused-ring (bicyclic) bond motifs is 1.